The molecule has 0 N–H and O–H groups in total. The van der Waals surface area contributed by atoms with E-state index in [4.69, 9.17) is 15.0 Å². The highest BCUT2D eigenvalue weighted by atomic mass is 32.1. The number of aromatic nitrogens is 4. The summed E-state index contributed by atoms with van der Waals surface area (Å²) in [5.41, 5.74) is 11.6. The van der Waals surface area contributed by atoms with Gasteiger partial charge in [-0.1, -0.05) is 141 Å². The zero-order chi connectivity index (χ0) is 35.3. The molecule has 0 fully saturated rings. The molecule has 0 saturated heterocycles. The summed E-state index contributed by atoms with van der Waals surface area (Å²) >= 11 is 1.89. The summed E-state index contributed by atoms with van der Waals surface area (Å²) in [5, 5.41) is 5.02. The minimum atomic E-state index is -0.194. The van der Waals surface area contributed by atoms with Gasteiger partial charge in [0.15, 0.2) is 11.6 Å². The lowest BCUT2D eigenvalue weighted by molar-refractivity contribution is 0.661. The van der Waals surface area contributed by atoms with Gasteiger partial charge in [0.2, 0.25) is 5.95 Å². The van der Waals surface area contributed by atoms with Crippen molar-refractivity contribution in [3.63, 3.8) is 0 Å². The Labute approximate surface area is 310 Å². The minimum Gasteiger partial charge on any atom is -0.278 e. The molecule has 0 saturated carbocycles. The maximum absolute atomic E-state index is 5.17. The molecule has 250 valence electrons. The van der Waals surface area contributed by atoms with Gasteiger partial charge in [-0.25, -0.2) is 4.98 Å². The number of benzene rings is 7. The summed E-state index contributed by atoms with van der Waals surface area (Å²) in [6.45, 7) is 4.74. The first-order valence-corrected chi connectivity index (χ1v) is 18.9. The average molecular weight is 697 g/mol. The summed E-state index contributed by atoms with van der Waals surface area (Å²) in [7, 11) is 0. The lowest BCUT2D eigenvalue weighted by Crippen LogP contribution is -2.15. The predicted molar refractivity (Wildman–Crippen MR) is 221 cm³/mol. The lowest BCUT2D eigenvalue weighted by Gasteiger charge is -2.22. The van der Waals surface area contributed by atoms with Crippen molar-refractivity contribution >= 4 is 53.3 Å². The highest BCUT2D eigenvalue weighted by Crippen LogP contribution is 2.52. The molecule has 10 aromatic rings. The molecule has 0 aliphatic heterocycles. The summed E-state index contributed by atoms with van der Waals surface area (Å²) in [6.07, 6.45) is 0. The van der Waals surface area contributed by atoms with Crippen LogP contribution in [0.15, 0.2) is 158 Å². The second kappa shape index (κ2) is 11.3. The molecule has 0 unspecified atom stereocenters. The van der Waals surface area contributed by atoms with Crippen LogP contribution < -0.4 is 0 Å². The topological polar surface area (TPSA) is 43.6 Å². The smallest absolute Gasteiger partial charge is 0.238 e. The molecule has 1 aliphatic rings. The Morgan fingerprint density at radius 1 is 0.453 bits per heavy atom. The Hall–Kier alpha value is -6.43. The average Bonchev–Trinajstić information content (AvgIpc) is 3.83. The van der Waals surface area contributed by atoms with Gasteiger partial charge in [0.05, 0.1) is 11.0 Å². The molecule has 0 radical (unpaired) electrons. The van der Waals surface area contributed by atoms with Gasteiger partial charge < -0.3 is 0 Å². The van der Waals surface area contributed by atoms with E-state index in [1.54, 1.807) is 0 Å². The molecule has 0 spiro atoms. The molecule has 11 rings (SSSR count). The van der Waals surface area contributed by atoms with E-state index in [-0.39, 0.29) is 5.41 Å². The van der Waals surface area contributed by atoms with E-state index in [2.05, 4.69) is 140 Å². The highest BCUT2D eigenvalue weighted by molar-refractivity contribution is 7.26. The zero-order valence-corrected chi connectivity index (χ0v) is 30.0. The maximum atomic E-state index is 5.17. The van der Waals surface area contributed by atoms with Gasteiger partial charge in [-0.2, -0.15) is 9.97 Å². The molecule has 1 aliphatic carbocycles. The van der Waals surface area contributed by atoms with Gasteiger partial charge in [0.1, 0.15) is 0 Å². The molecular formula is C48H32N4S. The second-order valence-corrected chi connectivity index (χ2v) is 15.5. The number of fused-ring (bicyclic) bond motifs is 9. The fraction of sp³-hybridized carbons (Fsp3) is 0.0625. The van der Waals surface area contributed by atoms with Crippen molar-refractivity contribution in [2.75, 3.05) is 0 Å². The van der Waals surface area contributed by atoms with Crippen molar-refractivity contribution in [2.24, 2.45) is 0 Å². The van der Waals surface area contributed by atoms with E-state index in [1.807, 2.05) is 47.7 Å². The van der Waals surface area contributed by atoms with Crippen molar-refractivity contribution < 1.29 is 0 Å². The van der Waals surface area contributed by atoms with E-state index in [0.29, 0.717) is 17.6 Å². The molecule has 0 bridgehead atoms. The van der Waals surface area contributed by atoms with Crippen molar-refractivity contribution in [1.29, 1.82) is 0 Å². The van der Waals surface area contributed by atoms with Crippen LogP contribution in [-0.2, 0) is 5.41 Å². The molecule has 4 nitrogen and oxygen atoms in total. The number of rotatable bonds is 4. The Morgan fingerprint density at radius 3 is 1.85 bits per heavy atom. The van der Waals surface area contributed by atoms with Crippen molar-refractivity contribution in [3.8, 4) is 51.0 Å². The van der Waals surface area contributed by atoms with Crippen LogP contribution in [0.4, 0.5) is 0 Å². The molecule has 3 aromatic heterocycles. The number of nitrogens with zero attached hydrogens (tertiary/aromatic N) is 4. The van der Waals surface area contributed by atoms with Gasteiger partial charge in [0, 0.05) is 47.5 Å². The molecular weight excluding hydrogens is 665 g/mol. The molecule has 53 heavy (non-hydrogen) atoms. The van der Waals surface area contributed by atoms with Crippen LogP contribution in [-0.4, -0.2) is 19.5 Å². The summed E-state index contributed by atoms with van der Waals surface area (Å²) in [4.78, 5) is 15.3. The quantitative estimate of drug-likeness (QED) is 0.184. The molecule has 7 aromatic carbocycles. The van der Waals surface area contributed by atoms with Crippen LogP contribution in [0.5, 0.6) is 0 Å². The van der Waals surface area contributed by atoms with Crippen molar-refractivity contribution in [2.45, 2.75) is 19.3 Å². The van der Waals surface area contributed by atoms with Crippen LogP contribution in [0.3, 0.4) is 0 Å². The van der Waals surface area contributed by atoms with E-state index in [0.717, 1.165) is 22.2 Å². The lowest BCUT2D eigenvalue weighted by atomic mass is 9.81. The van der Waals surface area contributed by atoms with E-state index >= 15 is 0 Å². The largest absolute Gasteiger partial charge is 0.278 e. The number of para-hydroxylation sites is 1. The van der Waals surface area contributed by atoms with Gasteiger partial charge in [-0.15, -0.1) is 11.3 Å². The standard InChI is InChI=1S/C48H32N4S/c1-48(2)39-26-31(32-20-13-21-36-35-19-10-12-23-43(35)53-44(32)36)24-25-33(39)37-28-42-38(27-40(37)48)34-18-9-11-22-41(34)52(42)47-50-45(29-14-5-3-6-15-29)49-46(51-47)30-16-7-4-8-17-30/h3-28H,1-2H3. The maximum Gasteiger partial charge on any atom is 0.238 e. The normalized spacial score (nSPS) is 13.2. The third-order valence-electron chi connectivity index (χ3n) is 11.1. The van der Waals surface area contributed by atoms with Gasteiger partial charge in [0.25, 0.3) is 0 Å². The Morgan fingerprint density at radius 2 is 1.09 bits per heavy atom. The second-order valence-electron chi connectivity index (χ2n) is 14.4. The van der Waals surface area contributed by atoms with Gasteiger partial charge >= 0.3 is 0 Å². The first-order valence-electron chi connectivity index (χ1n) is 18.0. The summed E-state index contributed by atoms with van der Waals surface area (Å²) in [6, 6.07) is 56.4. The number of hydrogen-bond donors (Lipinski definition) is 0. The number of hydrogen-bond acceptors (Lipinski definition) is 4. The van der Waals surface area contributed by atoms with Crippen LogP contribution in [0, 0.1) is 0 Å². The first kappa shape index (κ1) is 30.2. The van der Waals surface area contributed by atoms with Gasteiger partial charge in [-0.3, -0.25) is 4.57 Å². The fourth-order valence-corrected chi connectivity index (χ4v) is 9.69. The van der Waals surface area contributed by atoms with Crippen LogP contribution in [0.1, 0.15) is 25.0 Å². The fourth-order valence-electron chi connectivity index (χ4n) is 8.45. The van der Waals surface area contributed by atoms with Crippen LogP contribution in [0.25, 0.3) is 93.0 Å². The molecule has 0 amide bonds. The summed E-state index contributed by atoms with van der Waals surface area (Å²) in [5.74, 6) is 1.90. The Bertz CT molecular complexity index is 3020. The van der Waals surface area contributed by atoms with E-state index < -0.39 is 0 Å². The van der Waals surface area contributed by atoms with Gasteiger partial charge in [-0.05, 0) is 63.7 Å². The Balaban J connectivity index is 1.13. The summed E-state index contributed by atoms with van der Waals surface area (Å²) < 4.78 is 4.90. The van der Waals surface area contributed by atoms with Crippen LogP contribution in [0.2, 0.25) is 0 Å². The third kappa shape index (κ3) is 4.51. The van der Waals surface area contributed by atoms with Crippen molar-refractivity contribution in [1.82, 2.24) is 19.5 Å². The monoisotopic (exact) mass is 696 g/mol. The highest BCUT2D eigenvalue weighted by Gasteiger charge is 2.37. The molecule has 0 atom stereocenters. The Kier molecular flexibility index (Phi) is 6.43. The first-order chi connectivity index (χ1) is 26.0. The van der Waals surface area contributed by atoms with E-state index in [1.165, 1.54) is 64.3 Å². The molecule has 3 heterocycles. The minimum absolute atomic E-state index is 0.194. The zero-order valence-electron chi connectivity index (χ0n) is 29.2. The van der Waals surface area contributed by atoms with E-state index in [9.17, 15) is 0 Å². The molecule has 5 heteroatoms. The van der Waals surface area contributed by atoms with Crippen LogP contribution >= 0.6 is 11.3 Å². The third-order valence-corrected chi connectivity index (χ3v) is 12.3. The number of thiophene rings is 1. The van der Waals surface area contributed by atoms with Crippen molar-refractivity contribution in [3.05, 3.63) is 169 Å². The predicted octanol–water partition coefficient (Wildman–Crippen LogP) is 12.6. The SMILES string of the molecule is CC1(C)c2cc(-c3cccc4c3sc3ccccc34)ccc2-c2cc3c(cc21)c1ccccc1n3-c1nc(-c2ccccc2)nc(-c2ccccc2)n1.